The van der Waals surface area contributed by atoms with E-state index < -0.39 is 17.8 Å². The lowest BCUT2D eigenvalue weighted by Crippen LogP contribution is -2.48. The zero-order chi connectivity index (χ0) is 26.4. The van der Waals surface area contributed by atoms with Gasteiger partial charge in [0, 0.05) is 51.1 Å². The summed E-state index contributed by atoms with van der Waals surface area (Å²) in [6, 6.07) is 6.17. The Bertz CT molecular complexity index is 1300. The van der Waals surface area contributed by atoms with Crippen LogP contribution in [0.25, 0.3) is 11.4 Å². The third-order valence-corrected chi connectivity index (χ3v) is 5.71. The molecule has 0 unspecified atom stereocenters. The van der Waals surface area contributed by atoms with Crippen LogP contribution in [0.2, 0.25) is 0 Å². The van der Waals surface area contributed by atoms with Crippen LogP contribution in [0.15, 0.2) is 47.4 Å². The van der Waals surface area contributed by atoms with Crippen molar-refractivity contribution in [3.63, 3.8) is 0 Å². The molecule has 2 N–H and O–H groups in total. The smallest absolute Gasteiger partial charge is 0.432 e. The Hall–Kier alpha value is -4.24. The lowest BCUT2D eigenvalue weighted by molar-refractivity contribution is -0.140. The molecule has 194 valence electrons. The Balaban J connectivity index is 1.48. The zero-order valence-corrected chi connectivity index (χ0v) is 19.9. The van der Waals surface area contributed by atoms with Crippen molar-refractivity contribution in [1.29, 1.82) is 0 Å². The van der Waals surface area contributed by atoms with Crippen molar-refractivity contribution in [3.05, 3.63) is 54.2 Å². The summed E-state index contributed by atoms with van der Waals surface area (Å²) in [6.45, 7) is 5.15. The van der Waals surface area contributed by atoms with Gasteiger partial charge < -0.3 is 24.4 Å². The third-order valence-electron chi connectivity index (χ3n) is 5.71. The molecule has 0 atom stereocenters. The standard InChI is InChI=1S/C25H24F3N5O4/c1-17(34)33-9-7-32(8-10-33)11-13-37-21-4-3-19(24-29-15-22(31-24)25(26,27)28)14-20(21)30-23(35)5-2-18-6-12-36-16-18/h3-4,6,12,14-16H,7-11,13H2,1H3,(H,29,31)(H,30,35). The Kier molecular flexibility index (Phi) is 7.83. The average Bonchev–Trinajstić information content (AvgIpc) is 3.56. The molecule has 2 amide bonds. The summed E-state index contributed by atoms with van der Waals surface area (Å²) in [6.07, 6.45) is -1.04. The second-order valence-corrected chi connectivity index (χ2v) is 8.27. The Morgan fingerprint density at radius 2 is 2.00 bits per heavy atom. The number of alkyl halides is 3. The fourth-order valence-electron chi connectivity index (χ4n) is 3.70. The van der Waals surface area contributed by atoms with E-state index in [2.05, 4.69) is 32.0 Å². The number of ether oxygens (including phenoxy) is 1. The van der Waals surface area contributed by atoms with E-state index in [1.54, 1.807) is 30.0 Å². The van der Waals surface area contributed by atoms with E-state index in [1.807, 2.05) is 0 Å². The van der Waals surface area contributed by atoms with E-state index in [9.17, 15) is 22.8 Å². The number of H-pyrrole nitrogens is 1. The van der Waals surface area contributed by atoms with E-state index in [1.165, 1.54) is 18.6 Å². The van der Waals surface area contributed by atoms with Gasteiger partial charge in [-0.2, -0.15) is 13.2 Å². The predicted octanol–water partition coefficient (Wildman–Crippen LogP) is 3.22. The number of benzene rings is 1. The van der Waals surface area contributed by atoms with E-state index in [0.29, 0.717) is 49.3 Å². The molecule has 37 heavy (non-hydrogen) atoms. The van der Waals surface area contributed by atoms with Crippen molar-refractivity contribution in [2.75, 3.05) is 44.6 Å². The van der Waals surface area contributed by atoms with Crippen LogP contribution in [0.1, 0.15) is 18.2 Å². The maximum absolute atomic E-state index is 13.0. The predicted molar refractivity (Wildman–Crippen MR) is 127 cm³/mol. The monoisotopic (exact) mass is 515 g/mol. The molecular formula is C25H24F3N5O4. The Morgan fingerprint density at radius 3 is 2.65 bits per heavy atom. The number of hydrogen-bond acceptors (Lipinski definition) is 6. The molecule has 1 saturated heterocycles. The molecule has 2 aromatic heterocycles. The van der Waals surface area contributed by atoms with Gasteiger partial charge in [-0.25, -0.2) is 4.98 Å². The zero-order valence-electron chi connectivity index (χ0n) is 19.9. The maximum Gasteiger partial charge on any atom is 0.432 e. The number of rotatable bonds is 6. The molecule has 1 fully saturated rings. The van der Waals surface area contributed by atoms with E-state index in [0.717, 1.165) is 13.1 Å². The van der Waals surface area contributed by atoms with Crippen molar-refractivity contribution in [3.8, 4) is 29.0 Å². The minimum absolute atomic E-state index is 0.0119. The van der Waals surface area contributed by atoms with Crippen LogP contribution in [0.3, 0.4) is 0 Å². The fourth-order valence-corrected chi connectivity index (χ4v) is 3.70. The van der Waals surface area contributed by atoms with Crippen LogP contribution in [0, 0.1) is 11.8 Å². The molecule has 1 aromatic carbocycles. The molecule has 0 bridgehead atoms. The normalized spacial score (nSPS) is 14.1. The number of furan rings is 1. The first kappa shape index (κ1) is 25.8. The number of hydrogen-bond donors (Lipinski definition) is 2. The molecule has 0 spiro atoms. The van der Waals surface area contributed by atoms with Crippen LogP contribution in [0.5, 0.6) is 5.75 Å². The Labute approximate surface area is 210 Å². The highest BCUT2D eigenvalue weighted by molar-refractivity contribution is 6.05. The van der Waals surface area contributed by atoms with Crippen LogP contribution in [-0.2, 0) is 15.8 Å². The van der Waals surface area contributed by atoms with Crippen LogP contribution in [-0.4, -0.2) is 70.9 Å². The summed E-state index contributed by atoms with van der Waals surface area (Å²) in [5, 5.41) is 2.64. The number of nitrogens with one attached hydrogen (secondary N) is 2. The summed E-state index contributed by atoms with van der Waals surface area (Å²) in [5.41, 5.74) is 0.0846. The van der Waals surface area contributed by atoms with Gasteiger partial charge in [-0.15, -0.1) is 0 Å². The minimum Gasteiger partial charge on any atom is -0.490 e. The number of aromatic amines is 1. The van der Waals surface area contributed by atoms with Crippen LogP contribution in [0.4, 0.5) is 18.9 Å². The summed E-state index contributed by atoms with van der Waals surface area (Å²) < 4.78 is 49.8. The number of anilines is 1. The average molecular weight is 515 g/mol. The lowest BCUT2D eigenvalue weighted by Gasteiger charge is -2.34. The molecule has 0 aliphatic carbocycles. The summed E-state index contributed by atoms with van der Waals surface area (Å²) >= 11 is 0. The molecule has 1 aliphatic rings. The number of amides is 2. The number of carbonyl (C=O) groups excluding carboxylic acids is 2. The van der Waals surface area contributed by atoms with Crippen molar-refractivity contribution in [2.24, 2.45) is 0 Å². The quantitative estimate of drug-likeness (QED) is 0.489. The fraction of sp³-hybridized carbons (Fsp3) is 0.320. The first-order chi connectivity index (χ1) is 17.7. The number of aromatic nitrogens is 2. The van der Waals surface area contributed by atoms with Crippen molar-refractivity contribution < 1.29 is 31.9 Å². The first-order valence-electron chi connectivity index (χ1n) is 11.4. The van der Waals surface area contributed by atoms with E-state index in [-0.39, 0.29) is 17.4 Å². The van der Waals surface area contributed by atoms with Gasteiger partial charge in [-0.3, -0.25) is 14.5 Å². The minimum atomic E-state index is -4.57. The molecule has 0 radical (unpaired) electrons. The summed E-state index contributed by atoms with van der Waals surface area (Å²) in [5.74, 6) is 4.81. The van der Waals surface area contributed by atoms with Gasteiger partial charge in [-0.05, 0) is 24.3 Å². The molecule has 4 rings (SSSR count). The van der Waals surface area contributed by atoms with Crippen LogP contribution >= 0.6 is 0 Å². The van der Waals surface area contributed by atoms with Gasteiger partial charge >= 0.3 is 12.1 Å². The van der Waals surface area contributed by atoms with E-state index in [4.69, 9.17) is 9.15 Å². The number of carbonyl (C=O) groups is 2. The number of imidazole rings is 1. The van der Waals surface area contributed by atoms with Crippen molar-refractivity contribution in [2.45, 2.75) is 13.1 Å². The molecule has 3 aromatic rings. The molecule has 12 heteroatoms. The van der Waals surface area contributed by atoms with Gasteiger partial charge in [0.1, 0.15) is 30.1 Å². The maximum atomic E-state index is 13.0. The highest BCUT2D eigenvalue weighted by Crippen LogP contribution is 2.32. The molecule has 9 nitrogen and oxygen atoms in total. The summed E-state index contributed by atoms with van der Waals surface area (Å²) in [4.78, 5) is 34.0. The lowest BCUT2D eigenvalue weighted by atomic mass is 10.1. The number of halogens is 3. The number of piperazine rings is 1. The van der Waals surface area contributed by atoms with Gasteiger partial charge in [0.05, 0.1) is 23.7 Å². The largest absolute Gasteiger partial charge is 0.490 e. The van der Waals surface area contributed by atoms with Crippen LogP contribution < -0.4 is 10.1 Å². The second kappa shape index (κ2) is 11.2. The van der Waals surface area contributed by atoms with Crippen molar-refractivity contribution >= 4 is 17.5 Å². The third kappa shape index (κ3) is 6.92. The number of nitrogens with zero attached hydrogens (tertiary/aromatic N) is 3. The van der Waals surface area contributed by atoms with Gasteiger partial charge in [0.15, 0.2) is 0 Å². The highest BCUT2D eigenvalue weighted by atomic mass is 19.4. The second-order valence-electron chi connectivity index (χ2n) is 8.27. The first-order valence-corrected chi connectivity index (χ1v) is 11.4. The van der Waals surface area contributed by atoms with Gasteiger partial charge in [0.25, 0.3) is 0 Å². The van der Waals surface area contributed by atoms with E-state index >= 15 is 0 Å². The van der Waals surface area contributed by atoms with Crippen molar-refractivity contribution in [1.82, 2.24) is 19.8 Å². The SMILES string of the molecule is CC(=O)N1CCN(CCOc2ccc(-c3ncc(C(F)(F)F)[nH]3)cc2NC(=O)C#Cc2ccoc2)CC1. The summed E-state index contributed by atoms with van der Waals surface area (Å²) in [7, 11) is 0. The van der Waals surface area contributed by atoms with Gasteiger partial charge in [0.2, 0.25) is 5.91 Å². The molecular weight excluding hydrogens is 491 g/mol. The molecule has 1 aliphatic heterocycles. The Morgan fingerprint density at radius 1 is 1.22 bits per heavy atom. The molecule has 3 heterocycles. The van der Waals surface area contributed by atoms with Gasteiger partial charge in [-0.1, -0.05) is 5.92 Å². The molecule has 0 saturated carbocycles. The highest BCUT2D eigenvalue weighted by Gasteiger charge is 2.33. The topological polar surface area (TPSA) is 104 Å².